The number of benzene rings is 4. The molecule has 0 saturated heterocycles. The summed E-state index contributed by atoms with van der Waals surface area (Å²) in [5, 5.41) is 3.36. The van der Waals surface area contributed by atoms with E-state index in [-0.39, 0.29) is 0 Å². The molecule has 0 aromatic heterocycles. The van der Waals surface area contributed by atoms with Crippen LogP contribution in [0.4, 0.5) is 0 Å². The van der Waals surface area contributed by atoms with Crippen LogP contribution in [0, 0.1) is 0 Å². The Bertz CT molecular complexity index is 2110. The van der Waals surface area contributed by atoms with Crippen molar-refractivity contribution in [3.8, 4) is 69.0 Å². The third kappa shape index (κ3) is 26.1. The highest BCUT2D eigenvalue weighted by molar-refractivity contribution is 6.93. The number of ether oxygens (including phenoxy) is 12. The minimum atomic E-state index is -2.65. The van der Waals surface area contributed by atoms with E-state index in [2.05, 4.69) is 107 Å². The maximum absolute atomic E-state index is 8.56. The van der Waals surface area contributed by atoms with Crippen LogP contribution in [0.25, 0.3) is 0 Å². The van der Waals surface area contributed by atoms with Gasteiger partial charge in [-0.1, -0.05) is 160 Å². The van der Waals surface area contributed by atoms with E-state index in [9.17, 15) is 0 Å². The Morgan fingerprint density at radius 3 is 0.448 bits per heavy atom. The highest BCUT2D eigenvalue weighted by Gasteiger charge is 2.39. The van der Waals surface area contributed by atoms with Crippen LogP contribution in [0.3, 0.4) is 0 Å². The Balaban J connectivity index is 2.42. The van der Waals surface area contributed by atoms with Crippen molar-refractivity contribution in [3.63, 3.8) is 0 Å². The standard InChI is InChI=1S/C72H116O13Si2/c1-13-25-37-73-57-49-65(81-45-33-21-9)69(53-61(57)77-41-29-17-5)86(70-54-62(78-42-30-18-6)58(74-38-26-14-2)50-66(70)82-46-34-22-10)85-87(71-55-63(79-43-31-19-7)59(75-39-27-15-3)51-67(71)83-47-35-23-11)72-56-64(80-44-32-20-8)60(76-40-28-16-4)52-68(72)84-48-36-24-12/h49-56H,13-48H2,1-12H3. The van der Waals surface area contributed by atoms with Gasteiger partial charge in [-0.05, 0) is 101 Å². The molecule has 0 atom stereocenters. The molecule has 0 heterocycles. The molecule has 13 nitrogen and oxygen atoms in total. The fourth-order valence-electron chi connectivity index (χ4n) is 8.78. The van der Waals surface area contributed by atoms with Gasteiger partial charge in [-0.25, -0.2) is 0 Å². The first-order valence-corrected chi connectivity index (χ1v) is 37.2. The molecule has 2 radical (unpaired) electrons. The third-order valence-corrected chi connectivity index (χ3v) is 19.6. The number of hydrogen-bond acceptors (Lipinski definition) is 13. The van der Waals surface area contributed by atoms with Gasteiger partial charge in [0.1, 0.15) is 23.0 Å². The Kier molecular flexibility index (Phi) is 39.3. The molecule has 4 aromatic rings. The smallest absolute Gasteiger partial charge is 0.280 e. The predicted octanol–water partition coefficient (Wildman–Crippen LogP) is 16.8. The summed E-state index contributed by atoms with van der Waals surface area (Å²) in [5.41, 5.74) is 0. The summed E-state index contributed by atoms with van der Waals surface area (Å²) in [5.74, 6) is 7.76. The maximum atomic E-state index is 8.56. The Morgan fingerprint density at radius 1 is 0.184 bits per heavy atom. The van der Waals surface area contributed by atoms with Gasteiger partial charge in [-0.2, -0.15) is 0 Å². The van der Waals surface area contributed by atoms with Gasteiger partial charge in [0.2, 0.25) is 0 Å². The van der Waals surface area contributed by atoms with E-state index in [1.807, 2.05) is 24.3 Å². The molecule has 0 unspecified atom stereocenters. The van der Waals surface area contributed by atoms with Gasteiger partial charge in [-0.3, -0.25) is 0 Å². The average Bonchev–Trinajstić information content (AvgIpc) is 2.45. The van der Waals surface area contributed by atoms with Gasteiger partial charge in [0, 0.05) is 45.0 Å². The van der Waals surface area contributed by atoms with Crippen LogP contribution in [0.1, 0.15) is 237 Å². The van der Waals surface area contributed by atoms with Crippen molar-refractivity contribution in [2.75, 3.05) is 79.3 Å². The van der Waals surface area contributed by atoms with Gasteiger partial charge in [0.15, 0.2) is 46.0 Å². The molecule has 0 N–H and O–H groups in total. The topological polar surface area (TPSA) is 120 Å². The summed E-state index contributed by atoms with van der Waals surface area (Å²) in [6, 6.07) is 16.7. The first kappa shape index (κ1) is 74.3. The lowest BCUT2D eigenvalue weighted by Crippen LogP contribution is -2.57. The maximum Gasteiger partial charge on any atom is 0.280 e. The molecule has 0 aliphatic heterocycles. The van der Waals surface area contributed by atoms with Gasteiger partial charge in [0.05, 0.1) is 79.3 Å². The zero-order valence-electron chi connectivity index (χ0n) is 56.4. The molecule has 4 aromatic carbocycles. The highest BCUT2D eigenvalue weighted by Crippen LogP contribution is 2.38. The lowest BCUT2D eigenvalue weighted by molar-refractivity contribution is 0.257. The molecule has 0 aliphatic rings. The minimum absolute atomic E-state index is 0.483. The molecule has 87 heavy (non-hydrogen) atoms. The monoisotopic (exact) mass is 1240 g/mol. The normalized spacial score (nSPS) is 11.3. The van der Waals surface area contributed by atoms with Gasteiger partial charge in [0.25, 0.3) is 18.1 Å². The molecule has 0 fully saturated rings. The second kappa shape index (κ2) is 46.0. The largest absolute Gasteiger partial charge is 0.493 e. The molecule has 0 saturated carbocycles. The van der Waals surface area contributed by atoms with Crippen molar-refractivity contribution < 1.29 is 61.0 Å². The van der Waals surface area contributed by atoms with Crippen molar-refractivity contribution in [1.29, 1.82) is 0 Å². The van der Waals surface area contributed by atoms with Crippen LogP contribution in [0.2, 0.25) is 0 Å². The Morgan fingerprint density at radius 2 is 0.310 bits per heavy atom. The van der Waals surface area contributed by atoms with Crippen molar-refractivity contribution in [2.24, 2.45) is 0 Å². The third-order valence-electron chi connectivity index (χ3n) is 14.4. The summed E-state index contributed by atoms with van der Waals surface area (Å²) in [7, 11) is -5.29. The fraction of sp³-hybridized carbons (Fsp3) is 0.667. The van der Waals surface area contributed by atoms with Crippen LogP contribution >= 0.6 is 0 Å². The van der Waals surface area contributed by atoms with Gasteiger partial charge < -0.3 is 61.0 Å². The lowest BCUT2D eigenvalue weighted by Gasteiger charge is -2.30. The highest BCUT2D eigenvalue weighted by atomic mass is 28.4. The summed E-state index contributed by atoms with van der Waals surface area (Å²) >= 11 is 0. The molecule has 0 amide bonds. The minimum Gasteiger partial charge on any atom is -0.493 e. The van der Waals surface area contributed by atoms with E-state index >= 15 is 0 Å². The molecule has 4 rings (SSSR count). The van der Waals surface area contributed by atoms with Crippen LogP contribution in [-0.4, -0.2) is 97.4 Å². The average molecular weight is 1250 g/mol. The zero-order valence-corrected chi connectivity index (χ0v) is 58.4. The van der Waals surface area contributed by atoms with Crippen molar-refractivity contribution in [3.05, 3.63) is 48.5 Å². The number of unbranched alkanes of at least 4 members (excludes halogenated alkanes) is 12. The predicted molar refractivity (Wildman–Crippen MR) is 362 cm³/mol. The second-order valence-corrected chi connectivity index (χ2v) is 26.7. The summed E-state index contributed by atoms with van der Waals surface area (Å²) in [6.45, 7) is 32.3. The van der Waals surface area contributed by atoms with E-state index in [0.717, 1.165) is 175 Å². The van der Waals surface area contributed by atoms with Crippen molar-refractivity contribution in [2.45, 2.75) is 237 Å². The molecular formula is C72H116O13Si2. The number of rotatable bonds is 54. The van der Waals surface area contributed by atoms with Crippen LogP contribution in [0.15, 0.2) is 48.5 Å². The molecular weight excluding hydrogens is 1130 g/mol. The van der Waals surface area contributed by atoms with Crippen LogP contribution < -0.4 is 77.6 Å². The Hall–Kier alpha value is -5.13. The molecule has 0 aliphatic carbocycles. The summed E-state index contributed by atoms with van der Waals surface area (Å²) < 4.78 is 91.1. The quantitative estimate of drug-likeness (QED) is 0.0308. The lowest BCUT2D eigenvalue weighted by atomic mass is 10.2. The first-order valence-electron chi connectivity index (χ1n) is 34.4. The van der Waals surface area contributed by atoms with E-state index < -0.39 is 18.1 Å². The summed E-state index contributed by atoms with van der Waals surface area (Å²) in [4.78, 5) is 0. The Labute approximate surface area is 531 Å². The molecule has 15 heteroatoms. The van der Waals surface area contributed by atoms with Gasteiger partial charge >= 0.3 is 0 Å². The summed E-state index contributed by atoms with van der Waals surface area (Å²) in [6.07, 6.45) is 22.1. The van der Waals surface area contributed by atoms with Gasteiger partial charge in [-0.15, -0.1) is 0 Å². The SMILES string of the molecule is CCCCOc1cc(OCCCC)c([Si](O[Si](c2cc(OCCCC)c(OCCCC)cc2OCCCC)c2cc(OCCCC)c(OCCCC)cc2OCCCC)c2cc(OCCCC)c(OCCCC)cc2OCCCC)cc1OCCCC. The number of hydrogen-bond donors (Lipinski definition) is 0. The van der Waals surface area contributed by atoms with E-state index in [1.165, 1.54) is 0 Å². The molecule has 0 spiro atoms. The zero-order chi connectivity index (χ0) is 62.7. The van der Waals surface area contributed by atoms with Crippen molar-refractivity contribution in [1.82, 2.24) is 0 Å². The second-order valence-electron chi connectivity index (χ2n) is 22.4. The molecule has 490 valence electrons. The first-order chi connectivity index (χ1) is 42.7. The van der Waals surface area contributed by atoms with E-state index in [1.54, 1.807) is 0 Å². The fourth-order valence-corrected chi connectivity index (χ4v) is 14.5. The molecule has 0 bridgehead atoms. The van der Waals surface area contributed by atoms with Crippen LogP contribution in [0.5, 0.6) is 69.0 Å². The van der Waals surface area contributed by atoms with E-state index in [0.29, 0.717) is 148 Å². The van der Waals surface area contributed by atoms with Crippen molar-refractivity contribution >= 4 is 38.8 Å². The van der Waals surface area contributed by atoms with Crippen LogP contribution in [-0.2, 0) is 4.12 Å². The van der Waals surface area contributed by atoms with E-state index in [4.69, 9.17) is 61.0 Å².